The van der Waals surface area contributed by atoms with Crippen molar-refractivity contribution in [1.29, 1.82) is 0 Å². The van der Waals surface area contributed by atoms with Crippen molar-refractivity contribution in [2.75, 3.05) is 12.5 Å². The van der Waals surface area contributed by atoms with Crippen molar-refractivity contribution in [1.82, 2.24) is 19.5 Å². The molecule has 0 spiro atoms. The number of hydrogen-bond acceptors (Lipinski definition) is 7. The Labute approximate surface area is 114 Å². The largest absolute Gasteiger partial charge is 0.382 e. The lowest BCUT2D eigenvalue weighted by Gasteiger charge is -2.13. The van der Waals surface area contributed by atoms with Gasteiger partial charge in [-0.25, -0.2) is 15.0 Å². The molecule has 1 unspecified atom stereocenters. The molecule has 0 bridgehead atoms. The number of nitrogens with zero attached hydrogens (tertiary/aromatic N) is 4. The summed E-state index contributed by atoms with van der Waals surface area (Å²) in [6.45, 7) is 2.22. The minimum atomic E-state index is -2.49. The molecule has 8 nitrogen and oxygen atoms in total. The van der Waals surface area contributed by atoms with Gasteiger partial charge in [0.15, 0.2) is 18.3 Å². The molecule has 0 saturated heterocycles. The monoisotopic (exact) mass is 305 g/mol. The maximum atomic E-state index is 10.6. The molecular formula is C9H13ClN5O3P. The normalized spacial score (nSPS) is 14.6. The summed E-state index contributed by atoms with van der Waals surface area (Å²) < 4.78 is 22.3. The summed E-state index contributed by atoms with van der Waals surface area (Å²) in [5.74, 6) is 0.335. The third kappa shape index (κ3) is 3.63. The highest BCUT2D eigenvalue weighted by molar-refractivity contribution is 7.69. The lowest BCUT2D eigenvalue weighted by atomic mass is 10.4. The van der Waals surface area contributed by atoms with Crippen LogP contribution in [0.4, 0.5) is 5.82 Å². The van der Waals surface area contributed by atoms with Gasteiger partial charge in [-0.1, -0.05) is 0 Å². The fraction of sp³-hybridized carbons (Fsp3) is 0.444. The summed E-state index contributed by atoms with van der Waals surface area (Å²) >= 11 is 5.20. The minimum Gasteiger partial charge on any atom is -0.382 e. The average Bonchev–Trinajstić information content (AvgIpc) is 2.73. The highest BCUT2D eigenvalue weighted by Gasteiger charge is 2.11. The summed E-state index contributed by atoms with van der Waals surface area (Å²) in [4.78, 5) is 12.1. The number of rotatable bonds is 6. The molecule has 0 fully saturated rings. The van der Waals surface area contributed by atoms with Crippen LogP contribution in [0.1, 0.15) is 6.92 Å². The third-order valence-corrected chi connectivity index (χ3v) is 3.08. The molecule has 0 aliphatic heterocycles. The summed E-state index contributed by atoms with van der Waals surface area (Å²) in [7, 11) is -2.49. The molecule has 0 amide bonds. The highest BCUT2D eigenvalue weighted by atomic mass is 35.7. The zero-order valence-electron chi connectivity index (χ0n) is 10.1. The Morgan fingerprint density at radius 3 is 3.05 bits per heavy atom. The van der Waals surface area contributed by atoms with Crippen LogP contribution >= 0.6 is 18.6 Å². The topological polar surface area (TPSA) is 105 Å². The number of ether oxygens (including phenoxy) is 1. The second-order valence-corrected chi connectivity index (χ2v) is 5.49. The number of halogens is 1. The van der Waals surface area contributed by atoms with Crippen molar-refractivity contribution in [3.05, 3.63) is 12.7 Å². The first-order valence-corrected chi connectivity index (χ1v) is 7.76. The van der Waals surface area contributed by atoms with Crippen LogP contribution in [-0.4, -0.2) is 32.4 Å². The highest BCUT2D eigenvalue weighted by Crippen LogP contribution is 2.27. The SMILES string of the molecule is C[C@H](Cn1cnc2c(N)ncnc21)OCO[PH](=O)Cl. The average molecular weight is 306 g/mol. The molecular weight excluding hydrogens is 293 g/mol. The van der Waals surface area contributed by atoms with E-state index in [-0.39, 0.29) is 12.9 Å². The number of imidazole rings is 1. The second-order valence-electron chi connectivity index (χ2n) is 3.81. The van der Waals surface area contributed by atoms with Crippen LogP contribution in [0.15, 0.2) is 12.7 Å². The smallest absolute Gasteiger partial charge is 0.280 e. The molecule has 2 aromatic rings. The van der Waals surface area contributed by atoms with E-state index in [0.717, 1.165) is 0 Å². The zero-order chi connectivity index (χ0) is 13.8. The first kappa shape index (κ1) is 14.2. The van der Waals surface area contributed by atoms with Gasteiger partial charge >= 0.3 is 0 Å². The van der Waals surface area contributed by atoms with E-state index in [0.29, 0.717) is 23.5 Å². The molecule has 0 aliphatic rings. The zero-order valence-corrected chi connectivity index (χ0v) is 11.9. The molecule has 2 heterocycles. The quantitative estimate of drug-likeness (QED) is 0.635. The standard InChI is InChI=1S/C9H13ClN5O3P/c1-6(17-5-18-19(10)16)2-15-4-14-7-8(11)12-3-13-9(7)15/h3-4,6,19H,2,5H2,1H3,(H2,11,12,13)/t6-/m1/s1. The Kier molecular flexibility index (Phi) is 4.71. The van der Waals surface area contributed by atoms with Gasteiger partial charge in [-0.3, -0.25) is 9.09 Å². The second kappa shape index (κ2) is 6.29. The van der Waals surface area contributed by atoms with Crippen LogP contribution in [0, 0.1) is 0 Å². The first-order chi connectivity index (χ1) is 9.08. The van der Waals surface area contributed by atoms with Crippen molar-refractivity contribution in [3.8, 4) is 0 Å². The van der Waals surface area contributed by atoms with Gasteiger partial charge in [-0.2, -0.15) is 0 Å². The fourth-order valence-corrected chi connectivity index (χ4v) is 1.85. The van der Waals surface area contributed by atoms with E-state index in [1.165, 1.54) is 6.33 Å². The lowest BCUT2D eigenvalue weighted by Crippen LogP contribution is -2.17. The Hall–Kier alpha value is -1.21. The Bertz CT molecular complexity index is 592. The van der Waals surface area contributed by atoms with Gasteiger partial charge in [0.1, 0.15) is 11.8 Å². The Morgan fingerprint density at radius 2 is 2.32 bits per heavy atom. The van der Waals surface area contributed by atoms with Crippen LogP contribution in [0.5, 0.6) is 0 Å². The van der Waals surface area contributed by atoms with Crippen molar-refractivity contribution in [2.24, 2.45) is 0 Å². The molecule has 2 rings (SSSR count). The van der Waals surface area contributed by atoms with E-state index in [1.54, 1.807) is 10.9 Å². The van der Waals surface area contributed by atoms with E-state index >= 15 is 0 Å². The third-order valence-electron chi connectivity index (χ3n) is 2.41. The Morgan fingerprint density at radius 1 is 1.53 bits per heavy atom. The van der Waals surface area contributed by atoms with E-state index < -0.39 is 7.38 Å². The molecule has 0 saturated carbocycles. The van der Waals surface area contributed by atoms with E-state index in [4.69, 9.17) is 21.7 Å². The van der Waals surface area contributed by atoms with Gasteiger partial charge < -0.3 is 15.0 Å². The van der Waals surface area contributed by atoms with Gasteiger partial charge in [0, 0.05) is 0 Å². The fourth-order valence-electron chi connectivity index (χ4n) is 1.56. The van der Waals surface area contributed by atoms with Gasteiger partial charge in [0.25, 0.3) is 7.38 Å². The molecule has 2 atom stereocenters. The lowest BCUT2D eigenvalue weighted by molar-refractivity contribution is -0.0290. The van der Waals surface area contributed by atoms with Crippen molar-refractivity contribution in [3.63, 3.8) is 0 Å². The molecule has 104 valence electrons. The number of nitrogens with two attached hydrogens (primary N) is 1. The molecule has 0 aromatic carbocycles. The first-order valence-electron chi connectivity index (χ1n) is 5.43. The number of nitrogen functional groups attached to an aromatic ring is 1. The molecule has 19 heavy (non-hydrogen) atoms. The van der Waals surface area contributed by atoms with Crippen molar-refractivity contribution < 1.29 is 13.8 Å². The predicted octanol–water partition coefficient (Wildman–Crippen LogP) is 1.42. The molecule has 0 radical (unpaired) electrons. The van der Waals surface area contributed by atoms with Gasteiger partial charge in [0.05, 0.1) is 19.0 Å². The Balaban J connectivity index is 2.01. The maximum absolute atomic E-state index is 10.6. The van der Waals surface area contributed by atoms with Crippen LogP contribution in [0.25, 0.3) is 11.2 Å². The number of fused-ring (bicyclic) bond motifs is 1. The van der Waals surface area contributed by atoms with E-state index in [1.807, 2.05) is 6.92 Å². The molecule has 2 N–H and O–H groups in total. The van der Waals surface area contributed by atoms with Crippen LogP contribution in [0.2, 0.25) is 0 Å². The van der Waals surface area contributed by atoms with E-state index in [9.17, 15) is 4.57 Å². The maximum Gasteiger partial charge on any atom is 0.280 e. The molecule has 2 aromatic heterocycles. The number of aromatic nitrogens is 4. The molecule has 0 aliphatic carbocycles. The van der Waals surface area contributed by atoms with Crippen molar-refractivity contribution in [2.45, 2.75) is 19.6 Å². The van der Waals surface area contributed by atoms with Gasteiger partial charge in [-0.05, 0) is 18.2 Å². The predicted molar refractivity (Wildman–Crippen MR) is 71.1 cm³/mol. The number of hydrogen-bond donors (Lipinski definition) is 1. The van der Waals surface area contributed by atoms with Crippen molar-refractivity contribution >= 4 is 35.6 Å². The summed E-state index contributed by atoms with van der Waals surface area (Å²) in [5.41, 5.74) is 6.88. The van der Waals surface area contributed by atoms with Crippen LogP contribution in [0.3, 0.4) is 0 Å². The van der Waals surface area contributed by atoms with Gasteiger partial charge in [0.2, 0.25) is 0 Å². The van der Waals surface area contributed by atoms with Crippen LogP contribution < -0.4 is 5.73 Å². The van der Waals surface area contributed by atoms with Crippen LogP contribution in [-0.2, 0) is 20.4 Å². The summed E-state index contributed by atoms with van der Waals surface area (Å²) in [6, 6.07) is 0. The summed E-state index contributed by atoms with van der Waals surface area (Å²) in [6.07, 6.45) is 2.80. The number of anilines is 1. The van der Waals surface area contributed by atoms with E-state index in [2.05, 4.69) is 19.5 Å². The molecule has 10 heteroatoms. The minimum absolute atomic E-state index is 0.119. The summed E-state index contributed by atoms with van der Waals surface area (Å²) in [5, 5.41) is 0. The van der Waals surface area contributed by atoms with Gasteiger partial charge in [-0.15, -0.1) is 0 Å².